The Kier molecular flexibility index (Phi) is 4.02. The van der Waals surface area contributed by atoms with Crippen LogP contribution in [0.2, 0.25) is 0 Å². The molecule has 1 amide bonds. The van der Waals surface area contributed by atoms with E-state index in [1.807, 2.05) is 30.6 Å². The van der Waals surface area contributed by atoms with Gasteiger partial charge in [0.15, 0.2) is 0 Å². The summed E-state index contributed by atoms with van der Waals surface area (Å²) in [6.45, 7) is 0. The van der Waals surface area contributed by atoms with Gasteiger partial charge in [0.05, 0.1) is 23.3 Å². The molecule has 3 aliphatic rings. The molecule has 4 unspecified atom stereocenters. The van der Waals surface area contributed by atoms with Gasteiger partial charge in [-0.25, -0.2) is 0 Å². The van der Waals surface area contributed by atoms with E-state index in [-0.39, 0.29) is 17.7 Å². The number of carbonyl (C=O) groups excluding carboxylic acids is 1. The Morgan fingerprint density at radius 2 is 2.06 bits per heavy atom. The number of H-pyrrole nitrogens is 1. The van der Waals surface area contributed by atoms with E-state index in [0.717, 1.165) is 58.3 Å². The van der Waals surface area contributed by atoms with Crippen LogP contribution in [0.15, 0.2) is 64.8 Å². The molecule has 4 heterocycles. The number of benzene rings is 1. The Labute approximate surface area is 193 Å². The van der Waals surface area contributed by atoms with Crippen LogP contribution >= 0.6 is 11.3 Å². The summed E-state index contributed by atoms with van der Waals surface area (Å²) in [5.74, 6) is 0.388. The average molecular weight is 456 g/mol. The first-order valence-electron chi connectivity index (χ1n) is 11.2. The SMILES string of the molecule is O=C(Nc1ccc2[nH]ncc2c1)C12ON=C(c3cncc(-c4ccsc4)c3)C1C1CCC2C1. The Hall–Kier alpha value is -3.52. The Morgan fingerprint density at radius 3 is 2.97 bits per heavy atom. The van der Waals surface area contributed by atoms with Gasteiger partial charge in [0.25, 0.3) is 5.91 Å². The van der Waals surface area contributed by atoms with Crippen LogP contribution in [0.25, 0.3) is 22.0 Å². The molecular weight excluding hydrogens is 434 g/mol. The van der Waals surface area contributed by atoms with Crippen LogP contribution in [0.4, 0.5) is 5.69 Å². The summed E-state index contributed by atoms with van der Waals surface area (Å²) in [6, 6.07) is 9.95. The van der Waals surface area contributed by atoms with Crippen molar-refractivity contribution in [3.63, 3.8) is 0 Å². The fourth-order valence-corrected chi connectivity index (χ4v) is 6.73. The number of rotatable bonds is 4. The maximum atomic E-state index is 13.8. The number of oxime groups is 1. The minimum atomic E-state index is -0.956. The molecule has 1 aromatic carbocycles. The van der Waals surface area contributed by atoms with Crippen molar-refractivity contribution in [1.29, 1.82) is 0 Å². The molecular formula is C25H21N5O2S. The third-order valence-electron chi connectivity index (χ3n) is 7.54. The number of anilines is 1. The van der Waals surface area contributed by atoms with Crippen LogP contribution in [-0.2, 0) is 9.63 Å². The molecule has 2 aliphatic carbocycles. The summed E-state index contributed by atoms with van der Waals surface area (Å²) in [5, 5.41) is 19.8. The number of hydrogen-bond acceptors (Lipinski definition) is 6. The number of fused-ring (bicyclic) bond motifs is 6. The topological polar surface area (TPSA) is 92.3 Å². The van der Waals surface area contributed by atoms with Crippen molar-refractivity contribution in [2.45, 2.75) is 24.9 Å². The van der Waals surface area contributed by atoms with Crippen molar-refractivity contribution in [2.24, 2.45) is 22.9 Å². The largest absolute Gasteiger partial charge is 0.378 e. The molecule has 7 nitrogen and oxygen atoms in total. The van der Waals surface area contributed by atoms with Crippen molar-refractivity contribution >= 4 is 39.5 Å². The lowest BCUT2D eigenvalue weighted by molar-refractivity contribution is -0.149. The van der Waals surface area contributed by atoms with E-state index in [0.29, 0.717) is 5.92 Å². The third-order valence-corrected chi connectivity index (χ3v) is 8.23. The van der Waals surface area contributed by atoms with E-state index in [1.54, 1.807) is 17.5 Å². The zero-order valence-electron chi connectivity index (χ0n) is 17.7. The molecule has 33 heavy (non-hydrogen) atoms. The highest BCUT2D eigenvalue weighted by Gasteiger charge is 2.69. The number of nitrogens with one attached hydrogen (secondary N) is 2. The summed E-state index contributed by atoms with van der Waals surface area (Å²) in [6.07, 6.45) is 8.55. The molecule has 2 saturated carbocycles. The van der Waals surface area contributed by atoms with Gasteiger partial charge in [0.1, 0.15) is 0 Å². The van der Waals surface area contributed by atoms with E-state index in [9.17, 15) is 4.79 Å². The van der Waals surface area contributed by atoms with Gasteiger partial charge in [-0.15, -0.1) is 0 Å². The van der Waals surface area contributed by atoms with Crippen molar-refractivity contribution < 1.29 is 9.63 Å². The van der Waals surface area contributed by atoms with Crippen molar-refractivity contribution in [1.82, 2.24) is 15.2 Å². The van der Waals surface area contributed by atoms with E-state index in [1.165, 1.54) is 0 Å². The molecule has 2 fully saturated rings. The third kappa shape index (κ3) is 2.73. The first-order valence-corrected chi connectivity index (χ1v) is 12.2. The normalized spacial score (nSPS) is 27.4. The zero-order valence-corrected chi connectivity index (χ0v) is 18.5. The highest BCUT2D eigenvalue weighted by atomic mass is 32.1. The van der Waals surface area contributed by atoms with Crippen LogP contribution in [-0.4, -0.2) is 32.4 Å². The van der Waals surface area contributed by atoms with Gasteiger partial charge in [-0.2, -0.15) is 16.4 Å². The standard InChI is InChI=1S/C25H21N5O2S/c31-24(28-20-3-4-21-17(9-20)12-27-29-21)25-19-2-1-14(8-19)22(25)23(30-32-25)18-7-16(10-26-11-18)15-5-6-33-13-15/h3-7,9-14,19,22H,1-2,8H2,(H,27,29)(H,28,31). The molecule has 4 atom stereocenters. The fourth-order valence-electron chi connectivity index (χ4n) is 6.07. The summed E-state index contributed by atoms with van der Waals surface area (Å²) in [5.41, 5.74) is 4.70. The quantitative estimate of drug-likeness (QED) is 0.460. The lowest BCUT2D eigenvalue weighted by Gasteiger charge is -2.35. The van der Waals surface area contributed by atoms with E-state index >= 15 is 0 Å². The second-order valence-corrected chi connectivity index (χ2v) is 9.99. The lowest BCUT2D eigenvalue weighted by atomic mass is 9.71. The molecule has 7 rings (SSSR count). The van der Waals surface area contributed by atoms with E-state index in [2.05, 4.69) is 48.5 Å². The van der Waals surface area contributed by atoms with Gasteiger partial charge in [-0.1, -0.05) is 5.16 Å². The molecule has 2 N–H and O–H groups in total. The summed E-state index contributed by atoms with van der Waals surface area (Å²) in [7, 11) is 0. The molecule has 0 spiro atoms. The fraction of sp³-hybridized carbons (Fsp3) is 0.280. The van der Waals surface area contributed by atoms with E-state index < -0.39 is 5.60 Å². The molecule has 4 aromatic rings. The molecule has 8 heteroatoms. The van der Waals surface area contributed by atoms with Crippen molar-refractivity contribution in [3.05, 3.63) is 65.2 Å². The highest BCUT2D eigenvalue weighted by Crippen LogP contribution is 2.60. The Bertz CT molecular complexity index is 1410. The monoisotopic (exact) mass is 455 g/mol. The number of hydrogen-bond donors (Lipinski definition) is 2. The van der Waals surface area contributed by atoms with Gasteiger partial charge in [0, 0.05) is 40.5 Å². The van der Waals surface area contributed by atoms with Crippen LogP contribution in [0.3, 0.4) is 0 Å². The predicted octanol–water partition coefficient (Wildman–Crippen LogP) is 4.84. The number of aromatic nitrogens is 3. The number of nitrogens with zero attached hydrogens (tertiary/aromatic N) is 3. The lowest BCUT2D eigenvalue weighted by Crippen LogP contribution is -2.53. The second-order valence-electron chi connectivity index (χ2n) is 9.21. The van der Waals surface area contributed by atoms with Gasteiger partial charge >= 0.3 is 0 Å². The highest BCUT2D eigenvalue weighted by molar-refractivity contribution is 7.08. The molecule has 0 saturated heterocycles. The molecule has 164 valence electrons. The van der Waals surface area contributed by atoms with E-state index in [4.69, 9.17) is 4.84 Å². The maximum Gasteiger partial charge on any atom is 0.272 e. The van der Waals surface area contributed by atoms with Gasteiger partial charge in [-0.3, -0.25) is 14.9 Å². The Morgan fingerprint density at radius 1 is 1.12 bits per heavy atom. The van der Waals surface area contributed by atoms with Crippen LogP contribution in [0, 0.1) is 17.8 Å². The second kappa shape index (κ2) is 6.99. The van der Waals surface area contributed by atoms with Gasteiger partial charge in [-0.05, 0) is 71.8 Å². The van der Waals surface area contributed by atoms with Crippen LogP contribution in [0.5, 0.6) is 0 Å². The number of amides is 1. The first-order chi connectivity index (χ1) is 16.2. The molecule has 2 bridgehead atoms. The molecule has 3 aromatic heterocycles. The number of carbonyl (C=O) groups is 1. The minimum absolute atomic E-state index is 0.0616. The molecule has 0 radical (unpaired) electrons. The Balaban J connectivity index is 1.23. The van der Waals surface area contributed by atoms with Gasteiger partial charge < -0.3 is 10.2 Å². The van der Waals surface area contributed by atoms with Crippen molar-refractivity contribution in [2.75, 3.05) is 5.32 Å². The molecule has 1 aliphatic heterocycles. The first kappa shape index (κ1) is 19.0. The zero-order chi connectivity index (χ0) is 22.0. The van der Waals surface area contributed by atoms with Gasteiger partial charge in [0.2, 0.25) is 5.60 Å². The van der Waals surface area contributed by atoms with Crippen molar-refractivity contribution in [3.8, 4) is 11.1 Å². The minimum Gasteiger partial charge on any atom is -0.378 e. The smallest absolute Gasteiger partial charge is 0.272 e. The average Bonchev–Trinajstić information content (AvgIpc) is 3.65. The van der Waals surface area contributed by atoms with Crippen LogP contribution < -0.4 is 5.32 Å². The maximum absolute atomic E-state index is 13.8. The number of thiophene rings is 1. The summed E-state index contributed by atoms with van der Waals surface area (Å²) >= 11 is 1.66. The summed E-state index contributed by atoms with van der Waals surface area (Å²) < 4.78 is 0. The number of pyridine rings is 1. The summed E-state index contributed by atoms with van der Waals surface area (Å²) in [4.78, 5) is 24.4. The number of aromatic amines is 1. The van der Waals surface area contributed by atoms with Crippen LogP contribution in [0.1, 0.15) is 24.8 Å². The predicted molar refractivity (Wildman–Crippen MR) is 127 cm³/mol.